The number of methoxy groups -OCH3 is 1. The van der Waals surface area contributed by atoms with Gasteiger partial charge in [0.2, 0.25) is 0 Å². The van der Waals surface area contributed by atoms with Crippen LogP contribution in [0.3, 0.4) is 0 Å². The van der Waals surface area contributed by atoms with Crippen LogP contribution in [0.2, 0.25) is 0 Å². The second kappa shape index (κ2) is 11.7. The number of hydrogen-bond donors (Lipinski definition) is 2. The lowest BCUT2D eigenvalue weighted by Crippen LogP contribution is -2.20. The van der Waals surface area contributed by atoms with Crippen molar-refractivity contribution in [2.24, 2.45) is 5.10 Å². The molecule has 0 saturated carbocycles. The van der Waals surface area contributed by atoms with Crippen LogP contribution in [0.1, 0.15) is 27.3 Å². The number of amides is 2. The third-order valence-electron chi connectivity index (χ3n) is 5.65. The maximum Gasteiger partial charge on any atom is 0.271 e. The highest BCUT2D eigenvalue weighted by Gasteiger charge is 2.09. The number of anilines is 1. The van der Waals surface area contributed by atoms with Gasteiger partial charge >= 0.3 is 0 Å². The number of carbonyl (C=O) groups excluding carboxylic acids is 2. The van der Waals surface area contributed by atoms with Gasteiger partial charge in [0.25, 0.3) is 11.8 Å². The number of ether oxygens (including phenoxy) is 2. The summed E-state index contributed by atoms with van der Waals surface area (Å²) in [6.07, 6.45) is 1.54. The number of hydrazone groups is 1. The van der Waals surface area contributed by atoms with E-state index in [4.69, 9.17) is 9.47 Å². The van der Waals surface area contributed by atoms with Crippen LogP contribution in [0.5, 0.6) is 11.5 Å². The molecule has 1 aromatic heterocycles. The molecule has 0 radical (unpaired) electrons. The summed E-state index contributed by atoms with van der Waals surface area (Å²) in [5.74, 6) is 0.500. The van der Waals surface area contributed by atoms with Gasteiger partial charge in [-0.2, -0.15) is 5.10 Å². The van der Waals surface area contributed by atoms with Crippen LogP contribution in [0, 0.1) is 13.8 Å². The number of aromatic nitrogens is 1. The molecule has 1 heterocycles. The monoisotopic (exact) mass is 496 g/mol. The van der Waals surface area contributed by atoms with Gasteiger partial charge in [-0.3, -0.25) is 9.59 Å². The smallest absolute Gasteiger partial charge is 0.271 e. The van der Waals surface area contributed by atoms with Crippen molar-refractivity contribution in [3.63, 3.8) is 0 Å². The number of nitrogens with one attached hydrogen (secondary N) is 2. The van der Waals surface area contributed by atoms with Crippen molar-refractivity contribution < 1.29 is 19.1 Å². The third-order valence-corrected chi connectivity index (χ3v) is 5.65. The van der Waals surface area contributed by atoms with E-state index in [1.54, 1.807) is 55.8 Å². The highest BCUT2D eigenvalue weighted by Crippen LogP contribution is 2.23. The van der Waals surface area contributed by atoms with Gasteiger partial charge in [-0.05, 0) is 86.1 Å². The van der Waals surface area contributed by atoms with Gasteiger partial charge in [-0.1, -0.05) is 18.2 Å². The Labute approximate surface area is 215 Å². The van der Waals surface area contributed by atoms with Crippen molar-refractivity contribution in [3.8, 4) is 17.2 Å². The lowest BCUT2D eigenvalue weighted by Gasteiger charge is -2.11. The second-order valence-electron chi connectivity index (χ2n) is 8.31. The molecular weight excluding hydrogens is 468 g/mol. The van der Waals surface area contributed by atoms with Gasteiger partial charge in [-0.25, -0.2) is 5.43 Å². The molecule has 37 heavy (non-hydrogen) atoms. The molecule has 2 amide bonds. The van der Waals surface area contributed by atoms with Crippen LogP contribution in [0.15, 0.2) is 90.0 Å². The molecule has 8 heteroatoms. The zero-order chi connectivity index (χ0) is 26.2. The largest absolute Gasteiger partial charge is 0.495 e. The summed E-state index contributed by atoms with van der Waals surface area (Å²) in [6.45, 7) is 3.90. The number of benzene rings is 3. The summed E-state index contributed by atoms with van der Waals surface area (Å²) in [5, 5.41) is 6.82. The van der Waals surface area contributed by atoms with E-state index in [0.29, 0.717) is 22.7 Å². The summed E-state index contributed by atoms with van der Waals surface area (Å²) in [6, 6.07) is 25.6. The topological polar surface area (TPSA) is 94.0 Å². The molecular formula is C29H28N4O4. The number of aryl methyl sites for hydroxylation is 2. The van der Waals surface area contributed by atoms with Crippen LogP contribution in [0.25, 0.3) is 5.69 Å². The Kier molecular flexibility index (Phi) is 8.00. The zero-order valence-electron chi connectivity index (χ0n) is 20.9. The molecule has 0 atom stereocenters. The maximum absolute atomic E-state index is 12.6. The first-order valence-electron chi connectivity index (χ1n) is 11.7. The van der Waals surface area contributed by atoms with Crippen LogP contribution in [-0.4, -0.2) is 36.3 Å². The van der Waals surface area contributed by atoms with Crippen LogP contribution < -0.4 is 20.2 Å². The van der Waals surface area contributed by atoms with E-state index in [0.717, 1.165) is 22.6 Å². The maximum atomic E-state index is 12.6. The van der Waals surface area contributed by atoms with Gasteiger partial charge < -0.3 is 19.4 Å². The summed E-state index contributed by atoms with van der Waals surface area (Å²) < 4.78 is 12.9. The molecule has 0 spiro atoms. The van der Waals surface area contributed by atoms with E-state index >= 15 is 0 Å². The summed E-state index contributed by atoms with van der Waals surface area (Å²) in [5.41, 5.74) is 7.52. The van der Waals surface area contributed by atoms with E-state index in [2.05, 4.69) is 20.4 Å². The SMILES string of the molecule is COc1ccccc1NC(=O)COc1ccc(/C=N\NC(=O)c2cccc(-n3c(C)ccc3C)c2)cc1. The fourth-order valence-corrected chi connectivity index (χ4v) is 3.83. The summed E-state index contributed by atoms with van der Waals surface area (Å²) in [7, 11) is 1.54. The van der Waals surface area contributed by atoms with E-state index in [1.807, 2.05) is 56.3 Å². The van der Waals surface area contributed by atoms with Crippen molar-refractivity contribution >= 4 is 23.7 Å². The molecule has 8 nitrogen and oxygen atoms in total. The highest BCUT2D eigenvalue weighted by atomic mass is 16.5. The quantitative estimate of drug-likeness (QED) is 0.255. The lowest BCUT2D eigenvalue weighted by atomic mass is 10.2. The van der Waals surface area contributed by atoms with Gasteiger partial charge in [0, 0.05) is 22.6 Å². The Bertz CT molecular complexity index is 1400. The first kappa shape index (κ1) is 25.2. The molecule has 3 aromatic carbocycles. The van der Waals surface area contributed by atoms with Gasteiger partial charge in [-0.15, -0.1) is 0 Å². The van der Waals surface area contributed by atoms with Crippen LogP contribution >= 0.6 is 0 Å². The fourth-order valence-electron chi connectivity index (χ4n) is 3.83. The predicted octanol–water partition coefficient (Wildman–Crippen LogP) is 4.88. The van der Waals surface area contributed by atoms with Crippen molar-refractivity contribution in [2.75, 3.05) is 19.0 Å². The number of nitrogens with zero attached hydrogens (tertiary/aromatic N) is 2. The molecule has 4 rings (SSSR count). The van der Waals surface area contributed by atoms with Gasteiger partial charge in [0.05, 0.1) is 19.0 Å². The second-order valence-corrected chi connectivity index (χ2v) is 8.31. The fraction of sp³-hybridized carbons (Fsp3) is 0.138. The van der Waals surface area contributed by atoms with Gasteiger partial charge in [0.1, 0.15) is 11.5 Å². The Morgan fingerprint density at radius 1 is 0.919 bits per heavy atom. The molecule has 0 aliphatic rings. The van der Waals surface area contributed by atoms with Crippen LogP contribution in [0.4, 0.5) is 5.69 Å². The molecule has 2 N–H and O–H groups in total. The van der Waals surface area contributed by atoms with E-state index in [9.17, 15) is 9.59 Å². The minimum Gasteiger partial charge on any atom is -0.495 e. The summed E-state index contributed by atoms with van der Waals surface area (Å²) >= 11 is 0. The minimum atomic E-state index is -0.304. The van der Waals surface area contributed by atoms with E-state index in [-0.39, 0.29) is 18.4 Å². The molecule has 188 valence electrons. The van der Waals surface area contributed by atoms with Gasteiger partial charge in [0.15, 0.2) is 6.61 Å². The number of para-hydroxylation sites is 2. The summed E-state index contributed by atoms with van der Waals surface area (Å²) in [4.78, 5) is 24.8. The van der Waals surface area contributed by atoms with Crippen molar-refractivity contribution in [1.82, 2.24) is 9.99 Å². The first-order valence-corrected chi connectivity index (χ1v) is 11.7. The van der Waals surface area contributed by atoms with Crippen molar-refractivity contribution in [2.45, 2.75) is 13.8 Å². The molecule has 0 unspecified atom stereocenters. The average molecular weight is 497 g/mol. The van der Waals surface area contributed by atoms with E-state index < -0.39 is 0 Å². The zero-order valence-corrected chi connectivity index (χ0v) is 20.9. The molecule has 0 fully saturated rings. The minimum absolute atomic E-state index is 0.150. The standard InChI is InChI=1S/C29H28N4O4/c1-20-11-12-21(2)33(20)24-8-6-7-23(17-24)29(35)32-30-18-22-13-15-25(16-14-22)37-19-28(34)31-26-9-4-5-10-27(26)36-3/h4-18H,19H2,1-3H3,(H,31,34)(H,32,35)/b30-18-. The first-order chi connectivity index (χ1) is 17.9. The van der Waals surface area contributed by atoms with Crippen molar-refractivity contribution in [3.05, 3.63) is 107 Å². The Balaban J connectivity index is 1.29. The Morgan fingerprint density at radius 2 is 1.65 bits per heavy atom. The highest BCUT2D eigenvalue weighted by molar-refractivity contribution is 5.95. The third kappa shape index (κ3) is 6.43. The number of carbonyl (C=O) groups is 2. The van der Waals surface area contributed by atoms with E-state index in [1.165, 1.54) is 0 Å². The lowest BCUT2D eigenvalue weighted by molar-refractivity contribution is -0.118. The molecule has 0 bridgehead atoms. The molecule has 4 aromatic rings. The Morgan fingerprint density at radius 3 is 2.38 bits per heavy atom. The molecule has 0 aliphatic heterocycles. The predicted molar refractivity (Wildman–Crippen MR) is 144 cm³/mol. The normalized spacial score (nSPS) is 10.8. The van der Waals surface area contributed by atoms with Crippen molar-refractivity contribution in [1.29, 1.82) is 0 Å². The van der Waals surface area contributed by atoms with Crippen LogP contribution in [-0.2, 0) is 4.79 Å². The molecule has 0 saturated heterocycles. The number of rotatable bonds is 9. The Hall–Kier alpha value is -4.85. The molecule has 0 aliphatic carbocycles. The average Bonchev–Trinajstić information content (AvgIpc) is 3.26. The number of hydrogen-bond acceptors (Lipinski definition) is 5.